The first kappa shape index (κ1) is 11.0. The first-order valence-electron chi connectivity index (χ1n) is 3.81. The molecule has 0 radical (unpaired) electrons. The van der Waals surface area contributed by atoms with Crippen molar-refractivity contribution >= 4 is 34.4 Å². The number of hydrogen-bond donors (Lipinski definition) is 0. The molecule has 0 fully saturated rings. The highest BCUT2D eigenvalue weighted by atomic mass is 79.9. The lowest BCUT2D eigenvalue weighted by Gasteiger charge is -2.11. The van der Waals surface area contributed by atoms with E-state index in [9.17, 15) is 0 Å². The summed E-state index contributed by atoms with van der Waals surface area (Å²) >= 11 is 9.55. The Hall–Kier alpha value is 0.987. The molecule has 10 heavy (non-hydrogen) atoms. The molecule has 0 rings (SSSR count). The van der Waals surface area contributed by atoms with Crippen molar-refractivity contribution in [2.75, 3.05) is 5.33 Å². The zero-order valence-electron chi connectivity index (χ0n) is 6.79. The minimum Gasteiger partial charge on any atom is -0.168 e. The number of halogens is 2. The lowest BCUT2D eigenvalue weighted by molar-refractivity contribution is 0.774. The van der Waals surface area contributed by atoms with E-state index in [1.54, 1.807) is 0 Å². The molecule has 0 spiro atoms. The lowest BCUT2D eigenvalue weighted by atomic mass is 10.3. The number of unbranched alkanes of at least 4 members (excludes halogenated alkanes) is 2. The Labute approximate surface area is 78.2 Å². The van der Waals surface area contributed by atoms with Gasteiger partial charge < -0.3 is 0 Å². The molecule has 0 aromatic carbocycles. The van der Waals surface area contributed by atoms with Gasteiger partial charge in [-0.15, -0.1) is 0 Å². The van der Waals surface area contributed by atoms with Crippen LogP contribution in [0.25, 0.3) is 0 Å². The van der Waals surface area contributed by atoms with Crippen molar-refractivity contribution in [2.24, 2.45) is 0 Å². The summed E-state index contributed by atoms with van der Waals surface area (Å²) in [4.78, 5) is 0. The Balaban J connectivity index is 3.04. The highest BCUT2D eigenvalue weighted by molar-refractivity contribution is 9.09. The minimum atomic E-state index is -1.25. The topological polar surface area (TPSA) is 0 Å². The molecule has 0 saturated heterocycles. The second-order valence-corrected chi connectivity index (χ2v) is 11.0. The first-order valence-corrected chi connectivity index (χ1v) is 9.15. The van der Waals surface area contributed by atoms with E-state index in [0.717, 1.165) is 5.33 Å². The normalized spacial score (nSPS) is 12.0. The summed E-state index contributed by atoms with van der Waals surface area (Å²) in [6.07, 6.45) is 3.93. The van der Waals surface area contributed by atoms with Crippen molar-refractivity contribution in [3.05, 3.63) is 0 Å². The highest BCUT2D eigenvalue weighted by Gasteiger charge is 2.15. The Kier molecular flexibility index (Phi) is 6.17. The average molecular weight is 244 g/mol. The first-order chi connectivity index (χ1) is 4.56. The maximum absolute atomic E-state index is 6.14. The fourth-order valence-corrected chi connectivity index (χ4v) is 2.70. The smallest absolute Gasteiger partial charge is 0.150 e. The van der Waals surface area contributed by atoms with Crippen molar-refractivity contribution in [2.45, 2.75) is 38.4 Å². The zero-order valence-corrected chi connectivity index (χ0v) is 10.1. The van der Waals surface area contributed by atoms with Crippen LogP contribution in [0.3, 0.4) is 0 Å². The van der Waals surface area contributed by atoms with Gasteiger partial charge in [-0.1, -0.05) is 41.9 Å². The van der Waals surface area contributed by atoms with Crippen molar-refractivity contribution in [1.29, 1.82) is 0 Å². The van der Waals surface area contributed by atoms with Crippen LogP contribution in [0.4, 0.5) is 0 Å². The van der Waals surface area contributed by atoms with Gasteiger partial charge in [0.1, 0.15) is 7.38 Å². The van der Waals surface area contributed by atoms with Gasteiger partial charge in [0.2, 0.25) is 0 Å². The summed E-state index contributed by atoms with van der Waals surface area (Å²) in [7, 11) is -1.25. The quantitative estimate of drug-likeness (QED) is 0.296. The molecule has 0 aliphatic heterocycles. The standard InChI is InChI=1S/C7H16BrClSi/c1-10(2,9)7-5-3-4-6-8/h3-7H2,1-2H3. The third kappa shape index (κ3) is 8.99. The molecule has 0 aliphatic rings. The van der Waals surface area contributed by atoms with Crippen LogP contribution < -0.4 is 0 Å². The van der Waals surface area contributed by atoms with Crippen LogP contribution in [0.5, 0.6) is 0 Å². The van der Waals surface area contributed by atoms with Gasteiger partial charge in [-0.05, 0) is 12.5 Å². The van der Waals surface area contributed by atoms with Gasteiger partial charge in [0, 0.05) is 5.33 Å². The summed E-state index contributed by atoms with van der Waals surface area (Å²) in [5.41, 5.74) is 0. The van der Waals surface area contributed by atoms with E-state index in [2.05, 4.69) is 29.0 Å². The largest absolute Gasteiger partial charge is 0.168 e. The molecule has 0 atom stereocenters. The minimum absolute atomic E-state index is 1.14. The van der Waals surface area contributed by atoms with E-state index in [4.69, 9.17) is 11.1 Å². The van der Waals surface area contributed by atoms with Crippen LogP contribution in [0, 0.1) is 0 Å². The van der Waals surface area contributed by atoms with Crippen molar-refractivity contribution in [3.8, 4) is 0 Å². The molecule has 62 valence electrons. The van der Waals surface area contributed by atoms with Crippen LogP contribution in [-0.4, -0.2) is 12.7 Å². The molecule has 0 nitrogen and oxygen atoms in total. The third-order valence-corrected chi connectivity index (χ3v) is 4.08. The van der Waals surface area contributed by atoms with Crippen molar-refractivity contribution in [1.82, 2.24) is 0 Å². The summed E-state index contributed by atoms with van der Waals surface area (Å²) < 4.78 is 0. The van der Waals surface area contributed by atoms with E-state index in [0.29, 0.717) is 0 Å². The third-order valence-electron chi connectivity index (χ3n) is 1.40. The maximum Gasteiger partial charge on any atom is 0.150 e. The van der Waals surface area contributed by atoms with Gasteiger partial charge >= 0.3 is 0 Å². The van der Waals surface area contributed by atoms with Crippen LogP contribution in [0.15, 0.2) is 0 Å². The van der Waals surface area contributed by atoms with Gasteiger partial charge in [-0.2, -0.15) is 11.1 Å². The van der Waals surface area contributed by atoms with E-state index in [1.165, 1.54) is 25.3 Å². The van der Waals surface area contributed by atoms with Crippen molar-refractivity contribution < 1.29 is 0 Å². The molecule has 0 bridgehead atoms. The Bertz CT molecular complexity index is 80.2. The van der Waals surface area contributed by atoms with E-state index in [1.807, 2.05) is 0 Å². The number of rotatable bonds is 5. The van der Waals surface area contributed by atoms with Crippen LogP contribution in [0.1, 0.15) is 19.3 Å². The Morgan fingerprint density at radius 3 is 2.20 bits per heavy atom. The highest BCUT2D eigenvalue weighted by Crippen LogP contribution is 2.18. The van der Waals surface area contributed by atoms with E-state index in [-0.39, 0.29) is 0 Å². The molecule has 0 aliphatic carbocycles. The van der Waals surface area contributed by atoms with E-state index >= 15 is 0 Å². The predicted octanol–water partition coefficient (Wildman–Crippen LogP) is 4.00. The van der Waals surface area contributed by atoms with Crippen molar-refractivity contribution in [3.63, 3.8) is 0 Å². The van der Waals surface area contributed by atoms with Crippen LogP contribution >= 0.6 is 27.0 Å². The Morgan fingerprint density at radius 1 is 1.20 bits per heavy atom. The molecule has 3 heteroatoms. The second kappa shape index (κ2) is 5.61. The molecule has 0 amide bonds. The predicted molar refractivity (Wildman–Crippen MR) is 55.8 cm³/mol. The second-order valence-electron chi connectivity index (χ2n) is 3.22. The molecule has 0 aromatic heterocycles. The van der Waals surface area contributed by atoms with Crippen LogP contribution in [0.2, 0.25) is 19.1 Å². The SMILES string of the molecule is C[Si](C)(Cl)CCCCCBr. The fraction of sp³-hybridized carbons (Fsp3) is 1.00. The number of alkyl halides is 1. The molecule has 0 N–H and O–H groups in total. The fourth-order valence-electron chi connectivity index (χ4n) is 0.817. The monoisotopic (exact) mass is 242 g/mol. The van der Waals surface area contributed by atoms with Gasteiger partial charge in [-0.3, -0.25) is 0 Å². The van der Waals surface area contributed by atoms with Crippen LogP contribution in [-0.2, 0) is 0 Å². The van der Waals surface area contributed by atoms with Gasteiger partial charge in [0.05, 0.1) is 0 Å². The summed E-state index contributed by atoms with van der Waals surface area (Å²) in [5.74, 6) is 0. The van der Waals surface area contributed by atoms with Gasteiger partial charge in [-0.25, -0.2) is 0 Å². The zero-order chi connectivity index (χ0) is 8.04. The molecular formula is C7H16BrClSi. The molecular weight excluding hydrogens is 228 g/mol. The average Bonchev–Trinajstić information content (AvgIpc) is 1.78. The van der Waals surface area contributed by atoms with Gasteiger partial charge in [0.25, 0.3) is 0 Å². The molecule has 0 saturated carbocycles. The summed E-state index contributed by atoms with van der Waals surface area (Å²) in [6, 6.07) is 1.27. The lowest BCUT2D eigenvalue weighted by Crippen LogP contribution is -2.14. The van der Waals surface area contributed by atoms with E-state index < -0.39 is 7.38 Å². The number of hydrogen-bond acceptors (Lipinski definition) is 0. The summed E-state index contributed by atoms with van der Waals surface area (Å²) in [5, 5.41) is 1.14. The van der Waals surface area contributed by atoms with Gasteiger partial charge in [0.15, 0.2) is 0 Å². The maximum atomic E-state index is 6.14. The molecule has 0 aromatic rings. The Morgan fingerprint density at radius 2 is 1.80 bits per heavy atom. The molecule has 0 unspecified atom stereocenters. The summed E-state index contributed by atoms with van der Waals surface area (Å²) in [6.45, 7) is 4.42. The molecule has 0 heterocycles.